The molecule has 2 unspecified atom stereocenters. The van der Waals surface area contributed by atoms with Gasteiger partial charge >= 0.3 is 0 Å². The van der Waals surface area contributed by atoms with E-state index in [2.05, 4.69) is 20.6 Å². The summed E-state index contributed by atoms with van der Waals surface area (Å²) in [5.74, 6) is 2.85. The Labute approximate surface area is 94.6 Å². The number of hydrogen-bond acceptors (Lipinski definition) is 5. The van der Waals surface area contributed by atoms with E-state index >= 15 is 0 Å². The van der Waals surface area contributed by atoms with Crippen LogP contribution >= 0.6 is 0 Å². The molecule has 5 heteroatoms. The number of nitrogens with zero attached hydrogens (tertiary/aromatic N) is 2. The summed E-state index contributed by atoms with van der Waals surface area (Å²) in [6.45, 7) is 4.82. The quantitative estimate of drug-likeness (QED) is 0.774. The SMILES string of the molecule is CCOc1ccnc(NC2C3CNCC32)n1. The normalized spacial score (nSPS) is 30.9. The third kappa shape index (κ3) is 1.71. The molecule has 1 aliphatic heterocycles. The first kappa shape index (κ1) is 9.84. The Morgan fingerprint density at radius 1 is 1.50 bits per heavy atom. The summed E-state index contributed by atoms with van der Waals surface area (Å²) in [7, 11) is 0. The van der Waals surface area contributed by atoms with Crippen molar-refractivity contribution in [1.82, 2.24) is 15.3 Å². The van der Waals surface area contributed by atoms with E-state index in [1.54, 1.807) is 12.3 Å². The molecule has 86 valence electrons. The van der Waals surface area contributed by atoms with Gasteiger partial charge in [0.25, 0.3) is 0 Å². The van der Waals surface area contributed by atoms with Gasteiger partial charge in [-0.2, -0.15) is 4.98 Å². The fraction of sp³-hybridized carbons (Fsp3) is 0.636. The summed E-state index contributed by atoms with van der Waals surface area (Å²) < 4.78 is 5.34. The fourth-order valence-electron chi connectivity index (χ4n) is 2.42. The van der Waals surface area contributed by atoms with Crippen molar-refractivity contribution in [3.63, 3.8) is 0 Å². The van der Waals surface area contributed by atoms with E-state index in [9.17, 15) is 0 Å². The Morgan fingerprint density at radius 2 is 2.31 bits per heavy atom. The van der Waals surface area contributed by atoms with Crippen LogP contribution in [0.4, 0.5) is 5.95 Å². The molecule has 0 aromatic carbocycles. The molecule has 5 nitrogen and oxygen atoms in total. The molecule has 16 heavy (non-hydrogen) atoms. The maximum Gasteiger partial charge on any atom is 0.226 e. The topological polar surface area (TPSA) is 59.1 Å². The smallest absolute Gasteiger partial charge is 0.226 e. The van der Waals surface area contributed by atoms with Crippen LogP contribution in [0.1, 0.15) is 6.92 Å². The van der Waals surface area contributed by atoms with Crippen LogP contribution in [0.3, 0.4) is 0 Å². The van der Waals surface area contributed by atoms with E-state index in [1.165, 1.54) is 0 Å². The summed E-state index contributed by atoms with van der Waals surface area (Å²) >= 11 is 0. The molecule has 1 saturated carbocycles. The van der Waals surface area contributed by atoms with Gasteiger partial charge in [-0.3, -0.25) is 0 Å². The Kier molecular flexibility index (Phi) is 2.40. The van der Waals surface area contributed by atoms with Crippen LogP contribution in [0, 0.1) is 11.8 Å². The second-order valence-corrected chi connectivity index (χ2v) is 4.31. The number of anilines is 1. The lowest BCUT2D eigenvalue weighted by Gasteiger charge is -2.08. The van der Waals surface area contributed by atoms with E-state index in [4.69, 9.17) is 4.74 Å². The number of rotatable bonds is 4. The van der Waals surface area contributed by atoms with Crippen molar-refractivity contribution in [3.8, 4) is 5.88 Å². The van der Waals surface area contributed by atoms with Gasteiger partial charge in [-0.15, -0.1) is 0 Å². The first-order valence-electron chi connectivity index (χ1n) is 5.81. The van der Waals surface area contributed by atoms with Crippen molar-refractivity contribution < 1.29 is 4.74 Å². The number of nitrogens with one attached hydrogen (secondary N) is 2. The third-order valence-corrected chi connectivity index (χ3v) is 3.31. The Balaban J connectivity index is 1.64. The highest BCUT2D eigenvalue weighted by Gasteiger charge is 2.53. The lowest BCUT2D eigenvalue weighted by molar-refractivity contribution is 0.326. The highest BCUT2D eigenvalue weighted by Crippen LogP contribution is 2.43. The predicted octanol–water partition coefficient (Wildman–Crippen LogP) is 0.505. The molecule has 0 bridgehead atoms. The van der Waals surface area contributed by atoms with Gasteiger partial charge < -0.3 is 15.4 Å². The zero-order valence-corrected chi connectivity index (χ0v) is 9.31. The second kappa shape index (κ2) is 3.90. The largest absolute Gasteiger partial charge is 0.478 e. The average molecular weight is 220 g/mol. The molecule has 3 rings (SSSR count). The minimum Gasteiger partial charge on any atom is -0.478 e. The summed E-state index contributed by atoms with van der Waals surface area (Å²) in [6.07, 6.45) is 1.73. The molecule has 2 fully saturated rings. The monoisotopic (exact) mass is 220 g/mol. The maximum atomic E-state index is 5.34. The molecule has 1 saturated heterocycles. The molecular formula is C11H16N4O. The van der Waals surface area contributed by atoms with Gasteiger partial charge in [0, 0.05) is 31.4 Å². The zero-order chi connectivity index (χ0) is 11.0. The Morgan fingerprint density at radius 3 is 3.06 bits per heavy atom. The number of hydrogen-bond donors (Lipinski definition) is 2. The van der Waals surface area contributed by atoms with Gasteiger partial charge in [-0.05, 0) is 18.8 Å². The first-order valence-corrected chi connectivity index (χ1v) is 5.81. The van der Waals surface area contributed by atoms with Crippen LogP contribution in [0.5, 0.6) is 5.88 Å². The maximum absolute atomic E-state index is 5.34. The summed E-state index contributed by atoms with van der Waals surface area (Å²) in [5, 5.41) is 6.74. The van der Waals surface area contributed by atoms with Crippen molar-refractivity contribution in [2.75, 3.05) is 25.0 Å². The second-order valence-electron chi connectivity index (χ2n) is 4.31. The average Bonchev–Trinajstić information content (AvgIpc) is 2.75. The molecule has 0 radical (unpaired) electrons. The first-order chi connectivity index (χ1) is 7.88. The minimum absolute atomic E-state index is 0.554. The van der Waals surface area contributed by atoms with Crippen LogP contribution in [-0.4, -0.2) is 35.7 Å². The molecule has 1 aliphatic carbocycles. The van der Waals surface area contributed by atoms with E-state index in [1.807, 2.05) is 6.92 Å². The third-order valence-electron chi connectivity index (χ3n) is 3.31. The number of fused-ring (bicyclic) bond motifs is 1. The van der Waals surface area contributed by atoms with E-state index in [0.29, 0.717) is 24.5 Å². The summed E-state index contributed by atoms with van der Waals surface area (Å²) in [6, 6.07) is 2.34. The number of aromatic nitrogens is 2. The summed E-state index contributed by atoms with van der Waals surface area (Å²) in [5.41, 5.74) is 0. The van der Waals surface area contributed by atoms with Crippen molar-refractivity contribution in [3.05, 3.63) is 12.3 Å². The molecular weight excluding hydrogens is 204 g/mol. The van der Waals surface area contributed by atoms with E-state index < -0.39 is 0 Å². The van der Waals surface area contributed by atoms with Gasteiger partial charge in [0.15, 0.2) is 0 Å². The highest BCUT2D eigenvalue weighted by atomic mass is 16.5. The van der Waals surface area contributed by atoms with Crippen LogP contribution in [0.15, 0.2) is 12.3 Å². The van der Waals surface area contributed by atoms with E-state index in [0.717, 1.165) is 24.9 Å². The lowest BCUT2D eigenvalue weighted by atomic mass is 10.4. The van der Waals surface area contributed by atoms with Crippen molar-refractivity contribution in [2.24, 2.45) is 11.8 Å². The van der Waals surface area contributed by atoms with Gasteiger partial charge in [0.2, 0.25) is 11.8 Å². The molecule has 2 atom stereocenters. The van der Waals surface area contributed by atoms with Gasteiger partial charge in [0.1, 0.15) is 0 Å². The molecule has 0 spiro atoms. The molecule has 2 aliphatic rings. The molecule has 2 N–H and O–H groups in total. The van der Waals surface area contributed by atoms with Crippen molar-refractivity contribution in [1.29, 1.82) is 0 Å². The predicted molar refractivity (Wildman–Crippen MR) is 60.5 cm³/mol. The molecule has 1 aromatic rings. The summed E-state index contributed by atoms with van der Waals surface area (Å²) in [4.78, 5) is 8.51. The lowest BCUT2D eigenvalue weighted by Crippen LogP contribution is -2.22. The van der Waals surface area contributed by atoms with Gasteiger partial charge in [-0.25, -0.2) is 4.98 Å². The van der Waals surface area contributed by atoms with Crippen LogP contribution in [0.2, 0.25) is 0 Å². The van der Waals surface area contributed by atoms with Crippen molar-refractivity contribution in [2.45, 2.75) is 13.0 Å². The molecule has 0 amide bonds. The van der Waals surface area contributed by atoms with Crippen LogP contribution in [-0.2, 0) is 0 Å². The number of piperidine rings is 1. The minimum atomic E-state index is 0.554. The Hall–Kier alpha value is -1.36. The van der Waals surface area contributed by atoms with Crippen LogP contribution in [0.25, 0.3) is 0 Å². The van der Waals surface area contributed by atoms with E-state index in [-0.39, 0.29) is 0 Å². The fourth-order valence-corrected chi connectivity index (χ4v) is 2.42. The zero-order valence-electron chi connectivity index (χ0n) is 9.31. The van der Waals surface area contributed by atoms with Crippen LogP contribution < -0.4 is 15.4 Å². The van der Waals surface area contributed by atoms with Gasteiger partial charge in [0.05, 0.1) is 6.61 Å². The van der Waals surface area contributed by atoms with Crippen molar-refractivity contribution >= 4 is 5.95 Å². The number of ether oxygens (including phenoxy) is 1. The highest BCUT2D eigenvalue weighted by molar-refractivity contribution is 5.34. The molecule has 1 aromatic heterocycles. The van der Waals surface area contributed by atoms with Gasteiger partial charge in [-0.1, -0.05) is 0 Å². The Bertz CT molecular complexity index is 374. The standard InChI is InChI=1S/C11H16N4O/c1-2-16-9-3-4-13-11(14-9)15-10-7-5-12-6-8(7)10/h3-4,7-8,10,12H,2,5-6H2,1H3,(H,13,14,15). The molecule has 2 heterocycles.